The van der Waals surface area contributed by atoms with E-state index in [4.69, 9.17) is 0 Å². The summed E-state index contributed by atoms with van der Waals surface area (Å²) in [7, 11) is 1.89. The smallest absolute Gasteiger partial charge is 0.240 e. The van der Waals surface area contributed by atoms with Crippen molar-refractivity contribution in [2.75, 3.05) is 25.1 Å². The molecule has 0 bridgehead atoms. The van der Waals surface area contributed by atoms with Gasteiger partial charge in [-0.25, -0.2) is 0 Å². The van der Waals surface area contributed by atoms with E-state index in [1.807, 2.05) is 23.7 Å². The number of nitrogens with one attached hydrogen (secondary N) is 1. The number of hydrogen-bond acceptors (Lipinski definition) is 3. The van der Waals surface area contributed by atoms with Crippen molar-refractivity contribution >= 4 is 17.7 Å². The van der Waals surface area contributed by atoms with Crippen LogP contribution in [0.5, 0.6) is 0 Å². The molecule has 1 amide bonds. The number of nitrogens with zero attached hydrogens (tertiary/aromatic N) is 1. The molecule has 0 radical (unpaired) electrons. The minimum absolute atomic E-state index is 0.0190. The lowest BCUT2D eigenvalue weighted by atomic mass is 10.1. The number of carbonyl (C=O) groups is 1. The first-order valence-corrected chi connectivity index (χ1v) is 7.85. The molecular weight excluding hydrogens is 256 g/mol. The molecule has 104 valence electrons. The summed E-state index contributed by atoms with van der Waals surface area (Å²) in [4.78, 5) is 14.2. The minimum atomic E-state index is -0.0190. The van der Waals surface area contributed by atoms with Crippen molar-refractivity contribution in [3.63, 3.8) is 0 Å². The van der Waals surface area contributed by atoms with E-state index in [1.165, 1.54) is 16.7 Å². The Morgan fingerprint density at radius 3 is 2.89 bits per heavy atom. The van der Waals surface area contributed by atoms with Crippen LogP contribution in [-0.2, 0) is 11.3 Å². The second-order valence-corrected chi connectivity index (χ2v) is 6.36. The molecule has 1 heterocycles. The van der Waals surface area contributed by atoms with Crippen LogP contribution >= 0.6 is 11.8 Å². The highest BCUT2D eigenvalue weighted by Crippen LogP contribution is 2.14. The maximum atomic E-state index is 12.3. The number of hydrogen-bond donors (Lipinski definition) is 1. The highest BCUT2D eigenvalue weighted by Gasteiger charge is 2.24. The number of carbonyl (C=O) groups excluding carboxylic acids is 1. The van der Waals surface area contributed by atoms with Crippen molar-refractivity contribution in [1.82, 2.24) is 10.2 Å². The Kier molecular flexibility index (Phi) is 4.88. The van der Waals surface area contributed by atoms with E-state index in [0.717, 1.165) is 18.1 Å². The Bertz CT molecular complexity index is 455. The molecule has 2 rings (SSSR count). The largest absolute Gasteiger partial charge is 0.340 e. The summed E-state index contributed by atoms with van der Waals surface area (Å²) in [5.41, 5.74) is 3.75. The van der Waals surface area contributed by atoms with E-state index in [-0.39, 0.29) is 11.9 Å². The zero-order valence-electron chi connectivity index (χ0n) is 11.9. The molecule has 0 saturated carbocycles. The van der Waals surface area contributed by atoms with Crippen molar-refractivity contribution in [2.24, 2.45) is 0 Å². The van der Waals surface area contributed by atoms with Crippen LogP contribution in [0.1, 0.15) is 16.7 Å². The second kappa shape index (κ2) is 6.44. The highest BCUT2D eigenvalue weighted by atomic mass is 32.2. The molecule has 19 heavy (non-hydrogen) atoms. The van der Waals surface area contributed by atoms with Crippen LogP contribution in [0.15, 0.2) is 18.2 Å². The number of amides is 1. The number of rotatable bonds is 3. The third kappa shape index (κ3) is 3.74. The van der Waals surface area contributed by atoms with Gasteiger partial charge in [-0.2, -0.15) is 11.8 Å². The third-order valence-electron chi connectivity index (χ3n) is 3.50. The van der Waals surface area contributed by atoms with Crippen molar-refractivity contribution in [3.8, 4) is 0 Å². The van der Waals surface area contributed by atoms with Crippen LogP contribution in [0.3, 0.4) is 0 Å². The predicted octanol–water partition coefficient (Wildman–Crippen LogP) is 1.97. The molecule has 1 fully saturated rings. The van der Waals surface area contributed by atoms with Gasteiger partial charge in [0.1, 0.15) is 0 Å². The molecule has 1 aromatic carbocycles. The first-order valence-electron chi connectivity index (χ1n) is 6.70. The topological polar surface area (TPSA) is 32.3 Å². The highest BCUT2D eigenvalue weighted by molar-refractivity contribution is 7.99. The minimum Gasteiger partial charge on any atom is -0.340 e. The third-order valence-corrected chi connectivity index (χ3v) is 4.56. The van der Waals surface area contributed by atoms with Gasteiger partial charge in [-0.15, -0.1) is 0 Å². The lowest BCUT2D eigenvalue weighted by Crippen LogP contribution is -2.49. The quantitative estimate of drug-likeness (QED) is 0.917. The molecule has 1 N–H and O–H groups in total. The van der Waals surface area contributed by atoms with Crippen LogP contribution in [0, 0.1) is 13.8 Å². The van der Waals surface area contributed by atoms with Gasteiger partial charge in [0.15, 0.2) is 0 Å². The lowest BCUT2D eigenvalue weighted by Gasteiger charge is -2.27. The second-order valence-electron chi connectivity index (χ2n) is 5.21. The number of likely N-dealkylation sites (N-methyl/N-ethyl adjacent to an activating group) is 1. The van der Waals surface area contributed by atoms with Crippen LogP contribution < -0.4 is 5.32 Å². The van der Waals surface area contributed by atoms with Crippen LogP contribution in [0.4, 0.5) is 0 Å². The zero-order chi connectivity index (χ0) is 13.8. The molecule has 3 nitrogen and oxygen atoms in total. The summed E-state index contributed by atoms with van der Waals surface area (Å²) in [6, 6.07) is 6.38. The molecule has 1 aliphatic heterocycles. The summed E-state index contributed by atoms with van der Waals surface area (Å²) in [6.07, 6.45) is 0. The Balaban J connectivity index is 1.99. The number of benzene rings is 1. The molecule has 1 unspecified atom stereocenters. The molecule has 0 spiro atoms. The maximum Gasteiger partial charge on any atom is 0.240 e. The summed E-state index contributed by atoms with van der Waals surface area (Å²) in [5, 5.41) is 3.30. The van der Waals surface area contributed by atoms with Crippen LogP contribution in [0.2, 0.25) is 0 Å². The fraction of sp³-hybridized carbons (Fsp3) is 0.533. The van der Waals surface area contributed by atoms with Gasteiger partial charge in [-0.1, -0.05) is 23.8 Å². The van der Waals surface area contributed by atoms with Crippen LogP contribution in [0.25, 0.3) is 0 Å². The van der Waals surface area contributed by atoms with Gasteiger partial charge in [-0.05, 0) is 25.0 Å². The summed E-state index contributed by atoms with van der Waals surface area (Å²) in [6.45, 7) is 5.82. The van der Waals surface area contributed by atoms with Gasteiger partial charge in [0.25, 0.3) is 0 Å². The van der Waals surface area contributed by atoms with Gasteiger partial charge in [0.05, 0.1) is 6.04 Å². The van der Waals surface area contributed by atoms with Crippen molar-refractivity contribution in [1.29, 1.82) is 0 Å². The molecule has 4 heteroatoms. The Hall–Kier alpha value is -1.00. The van der Waals surface area contributed by atoms with Gasteiger partial charge in [0.2, 0.25) is 5.91 Å². The molecular formula is C15H22N2OS. The van der Waals surface area contributed by atoms with E-state index in [0.29, 0.717) is 6.54 Å². The first kappa shape index (κ1) is 14.4. The standard InChI is InChI=1S/C15H22N2OS/c1-11-4-5-13(12(2)8-11)9-17(3)15(18)14-10-19-7-6-16-14/h4-5,8,14,16H,6-7,9-10H2,1-3H3. The average molecular weight is 278 g/mol. The fourth-order valence-corrected chi connectivity index (χ4v) is 3.27. The first-order chi connectivity index (χ1) is 9.08. The lowest BCUT2D eigenvalue weighted by molar-refractivity contribution is -0.132. The number of aryl methyl sites for hydroxylation is 2. The van der Waals surface area contributed by atoms with E-state index < -0.39 is 0 Å². The predicted molar refractivity (Wildman–Crippen MR) is 81.5 cm³/mol. The molecule has 1 atom stereocenters. The van der Waals surface area contributed by atoms with Crippen molar-refractivity contribution in [3.05, 3.63) is 34.9 Å². The molecule has 1 saturated heterocycles. The van der Waals surface area contributed by atoms with E-state index in [9.17, 15) is 4.79 Å². The van der Waals surface area contributed by atoms with Crippen molar-refractivity contribution < 1.29 is 4.79 Å². The molecule has 0 aromatic heterocycles. The van der Waals surface area contributed by atoms with Gasteiger partial charge >= 0.3 is 0 Å². The number of thioether (sulfide) groups is 1. The van der Waals surface area contributed by atoms with Gasteiger partial charge in [0, 0.05) is 31.6 Å². The van der Waals surface area contributed by atoms with Crippen molar-refractivity contribution in [2.45, 2.75) is 26.4 Å². The van der Waals surface area contributed by atoms with Gasteiger partial charge < -0.3 is 10.2 Å². The van der Waals surface area contributed by atoms with E-state index in [1.54, 1.807) is 0 Å². The Morgan fingerprint density at radius 1 is 1.47 bits per heavy atom. The molecule has 1 aliphatic rings. The molecule has 1 aromatic rings. The zero-order valence-corrected chi connectivity index (χ0v) is 12.7. The fourth-order valence-electron chi connectivity index (χ4n) is 2.35. The summed E-state index contributed by atoms with van der Waals surface area (Å²) in [5.74, 6) is 2.19. The summed E-state index contributed by atoms with van der Waals surface area (Å²) >= 11 is 1.85. The SMILES string of the molecule is Cc1ccc(CN(C)C(=O)C2CSCCN2)c(C)c1. The van der Waals surface area contributed by atoms with E-state index >= 15 is 0 Å². The normalized spacial score (nSPS) is 19.2. The Morgan fingerprint density at radius 2 is 2.26 bits per heavy atom. The molecule has 0 aliphatic carbocycles. The monoisotopic (exact) mass is 278 g/mol. The van der Waals surface area contributed by atoms with E-state index in [2.05, 4.69) is 37.4 Å². The average Bonchev–Trinajstić information content (AvgIpc) is 2.42. The van der Waals surface area contributed by atoms with Gasteiger partial charge in [-0.3, -0.25) is 4.79 Å². The van der Waals surface area contributed by atoms with Crippen LogP contribution in [-0.4, -0.2) is 41.9 Å². The maximum absolute atomic E-state index is 12.3. The summed E-state index contributed by atoms with van der Waals surface area (Å²) < 4.78 is 0. The Labute approximate surface area is 119 Å².